The Morgan fingerprint density at radius 1 is 0.380 bits per heavy atom. The molecule has 0 N–H and O–H groups in total. The summed E-state index contributed by atoms with van der Waals surface area (Å²) in [4.78, 5) is 31.6. The van der Waals surface area contributed by atoms with Gasteiger partial charge in [0.25, 0.3) is 0 Å². The Morgan fingerprint density at radius 2 is 0.652 bits per heavy atom. The van der Waals surface area contributed by atoms with E-state index in [1.54, 1.807) is 12.2 Å². The third-order valence-corrected chi connectivity index (χ3v) is 18.6. The number of halogens is 4. The molecule has 2 aliphatic carbocycles. The summed E-state index contributed by atoms with van der Waals surface area (Å²) < 4.78 is 82.4. The molecule has 2 aromatic heterocycles. The lowest BCUT2D eigenvalue weighted by molar-refractivity contribution is -0.116. The third kappa shape index (κ3) is 13.2. The topological polar surface area (TPSA) is 62.5 Å². The zero-order chi connectivity index (χ0) is 67.7. The van der Waals surface area contributed by atoms with Crippen LogP contribution in [0.25, 0.3) is 54.8 Å². The van der Waals surface area contributed by atoms with Crippen molar-refractivity contribution in [3.63, 3.8) is 0 Å². The van der Waals surface area contributed by atoms with Crippen LogP contribution < -0.4 is 9.47 Å². The largest absolute Gasteiger partial charge is 0.486 e. The van der Waals surface area contributed by atoms with E-state index in [9.17, 15) is 0 Å². The fourth-order valence-electron chi connectivity index (χ4n) is 14.5. The molecule has 6 aromatic carbocycles. The van der Waals surface area contributed by atoms with Crippen LogP contribution in [0.2, 0.25) is 0 Å². The van der Waals surface area contributed by atoms with E-state index in [-0.39, 0.29) is 54.8 Å². The number of carbonyl (C=O) groups is 2. The molecule has 92 heavy (non-hydrogen) atoms. The first kappa shape index (κ1) is 67.4. The molecule has 10 rings (SSSR count). The van der Waals surface area contributed by atoms with E-state index in [2.05, 4.69) is 234 Å². The first-order valence-electron chi connectivity index (χ1n) is 32.7. The van der Waals surface area contributed by atoms with Crippen molar-refractivity contribution < 1.29 is 36.6 Å². The third-order valence-electron chi connectivity index (χ3n) is 18.6. The molecule has 0 amide bonds. The molecule has 2 heterocycles. The number of hydrogen-bond acceptors (Lipinski definition) is 4. The molecule has 8 aromatic rings. The second-order valence-corrected chi connectivity index (χ2v) is 34.1. The van der Waals surface area contributed by atoms with Crippen LogP contribution in [-0.2, 0) is 31.2 Å². The van der Waals surface area contributed by atoms with Gasteiger partial charge in [0.05, 0.1) is 22.1 Å². The minimum absolute atomic E-state index is 0.0615. The smallest absolute Gasteiger partial charge is 0.190 e. The lowest BCUT2D eigenvalue weighted by Gasteiger charge is -2.37. The van der Waals surface area contributed by atoms with Gasteiger partial charge in [0, 0.05) is 56.0 Å². The molecular weight excluding hydrogens is 1150 g/mol. The van der Waals surface area contributed by atoms with Crippen molar-refractivity contribution in [3.8, 4) is 11.5 Å². The summed E-state index contributed by atoms with van der Waals surface area (Å²) >= 11 is 0. The van der Waals surface area contributed by atoms with Gasteiger partial charge in [-0.25, -0.2) is 17.6 Å². The van der Waals surface area contributed by atoms with E-state index in [0.717, 1.165) is 89.1 Å². The molecular formula is C82H96F4N2O4. The van der Waals surface area contributed by atoms with Crippen molar-refractivity contribution in [2.24, 2.45) is 21.7 Å². The van der Waals surface area contributed by atoms with E-state index in [0.29, 0.717) is 25.0 Å². The Hall–Kier alpha value is -7.46. The number of aromatic nitrogens is 2. The highest BCUT2D eigenvalue weighted by molar-refractivity contribution is 6.27. The van der Waals surface area contributed by atoms with E-state index < -0.39 is 82.5 Å². The maximum Gasteiger partial charge on any atom is 0.190 e. The highest BCUT2D eigenvalue weighted by Gasteiger charge is 2.40. The van der Waals surface area contributed by atoms with E-state index in [4.69, 9.17) is 9.47 Å². The van der Waals surface area contributed by atoms with Gasteiger partial charge in [-0.3, -0.25) is 9.59 Å². The molecule has 0 aliphatic heterocycles. The second-order valence-electron chi connectivity index (χ2n) is 34.1. The highest BCUT2D eigenvalue weighted by Crippen LogP contribution is 2.51. The number of rotatable bonds is 13. The van der Waals surface area contributed by atoms with E-state index >= 15 is 27.2 Å². The number of benzene rings is 6. The number of fused-ring (bicyclic) bond motifs is 6. The van der Waals surface area contributed by atoms with E-state index in [1.807, 2.05) is 12.2 Å². The zero-order valence-electron chi connectivity index (χ0n) is 58.6. The Balaban J connectivity index is 1.05. The average molecular weight is 1250 g/mol. The Morgan fingerprint density at radius 3 is 0.902 bits per heavy atom. The number of nitrogens with zero attached hydrogens (tertiary/aromatic N) is 2. The summed E-state index contributed by atoms with van der Waals surface area (Å²) in [5, 5.41) is 3.97. The van der Waals surface area contributed by atoms with Crippen molar-refractivity contribution >= 4 is 66.3 Å². The minimum Gasteiger partial charge on any atom is -0.486 e. The highest BCUT2D eigenvalue weighted by atomic mass is 19.1. The summed E-state index contributed by atoms with van der Waals surface area (Å²) in [7, 11) is 0. The predicted molar refractivity (Wildman–Crippen MR) is 373 cm³/mol. The molecule has 0 bridgehead atoms. The summed E-state index contributed by atoms with van der Waals surface area (Å²) in [6, 6.07) is 27.4. The molecule has 0 radical (unpaired) electrons. The van der Waals surface area contributed by atoms with Crippen LogP contribution in [0.5, 0.6) is 11.5 Å². The van der Waals surface area contributed by atoms with E-state index in [1.165, 1.54) is 0 Å². The number of carbonyl (C=O) groups excluding carboxylic acids is 2. The van der Waals surface area contributed by atoms with Crippen LogP contribution in [-0.4, -0.2) is 33.9 Å². The van der Waals surface area contributed by atoms with Gasteiger partial charge in [-0.05, 0) is 162 Å². The van der Waals surface area contributed by atoms with Gasteiger partial charge < -0.3 is 18.6 Å². The van der Waals surface area contributed by atoms with Gasteiger partial charge in [-0.2, -0.15) is 0 Å². The van der Waals surface area contributed by atoms with Crippen molar-refractivity contribution in [1.82, 2.24) is 9.13 Å². The lowest BCUT2D eigenvalue weighted by Crippen LogP contribution is -2.28. The van der Waals surface area contributed by atoms with Gasteiger partial charge in [-0.15, -0.1) is 0 Å². The maximum atomic E-state index is 16.8. The number of ketones is 2. The number of Topliss-reactive ketones (excluding diaryl/α,β-unsaturated/α-hetero) is 2. The summed E-state index contributed by atoms with van der Waals surface area (Å²) in [6.07, 6.45) is 8.95. The minimum atomic E-state index is -1.05. The van der Waals surface area contributed by atoms with Crippen molar-refractivity contribution in [2.75, 3.05) is 13.2 Å². The molecule has 0 saturated carbocycles. The molecule has 2 aliphatic rings. The quantitative estimate of drug-likeness (QED) is 0.0852. The molecule has 10 heteroatoms. The molecule has 2 unspecified atom stereocenters. The van der Waals surface area contributed by atoms with Crippen LogP contribution in [0.1, 0.15) is 211 Å². The number of hydrogen-bond donors (Lipinski definition) is 0. The van der Waals surface area contributed by atoms with Crippen molar-refractivity contribution in [1.29, 1.82) is 0 Å². The summed E-state index contributed by atoms with van der Waals surface area (Å²) in [5.41, 5.74) is 7.40. The zero-order valence-corrected chi connectivity index (χ0v) is 58.6. The van der Waals surface area contributed by atoms with Gasteiger partial charge in [0.1, 0.15) is 36.9 Å². The molecule has 0 saturated heterocycles. The monoisotopic (exact) mass is 1250 g/mol. The molecule has 0 fully saturated rings. The lowest BCUT2D eigenvalue weighted by atomic mass is 9.69. The summed E-state index contributed by atoms with van der Waals surface area (Å²) in [6.45, 7) is 46.7. The molecule has 0 spiro atoms. The molecule has 2 atom stereocenters. The second kappa shape index (κ2) is 23.2. The SMILES string of the molecule is CC(C)(C)CC(C)(C)C1=CC(n2c3ccc(C(C)(C)C)cc3c3cc(C(C)(C)C)ccc32)C(=O)C(c2cc(F)cc(F)c2OCCOc2c(F)cc(F)cc2C2=CC(C(C)(C)CC(C)(C)C)=CC(n3c4ccc(C(C)(C)C)cc4c4cc(C(C)(C)C)ccc43)C2=O)=C1. The first-order valence-corrected chi connectivity index (χ1v) is 32.7. The van der Waals surface area contributed by atoms with Gasteiger partial charge in [0.2, 0.25) is 0 Å². The fourth-order valence-corrected chi connectivity index (χ4v) is 14.5. The number of allylic oxidation sites excluding steroid dienone is 8. The Kier molecular flexibility index (Phi) is 17.0. The first-order chi connectivity index (χ1) is 42.3. The summed E-state index contributed by atoms with van der Waals surface area (Å²) in [5.74, 6) is -5.51. The van der Waals surface area contributed by atoms with Crippen molar-refractivity contribution in [2.45, 2.75) is 199 Å². The maximum absolute atomic E-state index is 16.8. The van der Waals surface area contributed by atoms with Crippen LogP contribution in [0, 0.1) is 44.9 Å². The predicted octanol–water partition coefficient (Wildman–Crippen LogP) is 22.3. The van der Waals surface area contributed by atoms with Crippen LogP contribution in [0.15, 0.2) is 133 Å². The molecule has 6 nitrogen and oxygen atoms in total. The van der Waals surface area contributed by atoms with Gasteiger partial charge >= 0.3 is 0 Å². The Bertz CT molecular complexity index is 4010. The van der Waals surface area contributed by atoms with Gasteiger partial charge in [0.15, 0.2) is 34.7 Å². The van der Waals surface area contributed by atoms with Crippen LogP contribution in [0.3, 0.4) is 0 Å². The number of ether oxygens (including phenoxy) is 2. The van der Waals surface area contributed by atoms with Crippen LogP contribution >= 0.6 is 0 Å². The average Bonchev–Trinajstić information content (AvgIpc) is 1.53. The fraction of sp³-hybridized carbons (Fsp3) is 0.439. The molecule has 486 valence electrons. The van der Waals surface area contributed by atoms with Gasteiger partial charge in [-0.1, -0.05) is 189 Å². The van der Waals surface area contributed by atoms with Crippen LogP contribution in [0.4, 0.5) is 17.6 Å². The normalized spacial score (nSPS) is 16.8. The standard InChI is InChI=1S/C82H96F4N2O4/c1-75(2,3)45-81(19,20)51-37-59(71(89)69(39-51)87-65-27-23-47(77(7,8)9)33-55(65)56-34-48(78(10,11)12)24-28-66(56)87)61-41-53(83)43-63(85)73(61)91-31-32-92-74-62(42-54(84)44-64(74)86)60-38-52(82(21,22)46-76(4,5)6)40-70(72(60)90)88-67-29-25-49(79(13,14)15)35-57(67)58-36-50(80(16,17)18)26-30-68(58)88/h23-30,33-44,69-70H,31-32,45-46H2,1-22H3. The Labute approximate surface area is 543 Å². The van der Waals surface area contributed by atoms with Crippen molar-refractivity contribution in [3.05, 3.63) is 189 Å².